The average Bonchev–Trinajstić information content (AvgIpc) is 3.08. The molecule has 4 nitrogen and oxygen atoms in total. The van der Waals surface area contributed by atoms with Gasteiger partial charge in [-0.25, -0.2) is 4.98 Å². The molecule has 0 saturated carbocycles. The first kappa shape index (κ1) is 19.1. The van der Waals surface area contributed by atoms with E-state index < -0.39 is 0 Å². The summed E-state index contributed by atoms with van der Waals surface area (Å²) >= 11 is 8.58. The molecule has 0 radical (unpaired) electrons. The first-order chi connectivity index (χ1) is 12.5. The number of thioether (sulfide) groups is 1. The first-order valence-corrected chi connectivity index (χ1v) is 10.7. The third-order valence-corrected chi connectivity index (χ3v) is 6.69. The maximum atomic E-state index is 12.7. The van der Waals surface area contributed by atoms with E-state index in [0.29, 0.717) is 11.2 Å². The normalized spacial score (nSPS) is 12.3. The molecule has 0 amide bonds. The minimum Gasteiger partial charge on any atom is -0.358 e. The Kier molecular flexibility index (Phi) is 6.11. The van der Waals surface area contributed by atoms with Crippen LogP contribution in [0.2, 0.25) is 0 Å². The summed E-state index contributed by atoms with van der Waals surface area (Å²) in [5.74, 6) is 0.670. The van der Waals surface area contributed by atoms with E-state index in [9.17, 15) is 4.79 Å². The first-order valence-electron chi connectivity index (χ1n) is 8.57. The third kappa shape index (κ3) is 3.84. The van der Waals surface area contributed by atoms with Gasteiger partial charge >= 0.3 is 0 Å². The molecule has 0 bridgehead atoms. The number of thiophene rings is 1. The predicted molar refractivity (Wildman–Crippen MR) is 117 cm³/mol. The van der Waals surface area contributed by atoms with Gasteiger partial charge in [0.25, 0.3) is 5.56 Å². The highest BCUT2D eigenvalue weighted by atomic mass is 32.2. The van der Waals surface area contributed by atoms with Gasteiger partial charge < -0.3 is 9.88 Å². The number of nitrogens with one attached hydrogen (secondary N) is 1. The number of rotatable bonds is 5. The molecule has 3 rings (SSSR count). The maximum Gasteiger partial charge on any atom is 0.260 e. The van der Waals surface area contributed by atoms with Gasteiger partial charge in [0, 0.05) is 24.0 Å². The second kappa shape index (κ2) is 8.33. The summed E-state index contributed by atoms with van der Waals surface area (Å²) in [5, 5.41) is 2.65. The Hall–Kier alpha value is -1.70. The molecule has 1 atom stereocenters. The standard InChI is InChI=1S/C19H21N3OS3/c1-4-22(5-2)19(24)26-12(3)16-20-17(23)15-14(11-25-18(15)21-16)13-9-7-6-8-10-13/h6-12H,4-5H2,1-3H3,(H,20,21,23). The predicted octanol–water partition coefficient (Wildman–Crippen LogP) is 5.07. The van der Waals surface area contributed by atoms with Crippen molar-refractivity contribution in [2.75, 3.05) is 13.1 Å². The van der Waals surface area contributed by atoms with Gasteiger partial charge in [-0.15, -0.1) is 11.3 Å². The van der Waals surface area contributed by atoms with Crippen LogP contribution < -0.4 is 5.56 Å². The molecule has 1 aromatic carbocycles. The van der Waals surface area contributed by atoms with Gasteiger partial charge in [0.15, 0.2) is 0 Å². The van der Waals surface area contributed by atoms with Crippen molar-refractivity contribution in [2.24, 2.45) is 0 Å². The van der Waals surface area contributed by atoms with Crippen LogP contribution in [0.1, 0.15) is 31.8 Å². The third-order valence-electron chi connectivity index (χ3n) is 4.23. The van der Waals surface area contributed by atoms with Crippen molar-refractivity contribution < 1.29 is 0 Å². The highest BCUT2D eigenvalue weighted by molar-refractivity contribution is 8.23. The van der Waals surface area contributed by atoms with E-state index in [4.69, 9.17) is 17.2 Å². The molecule has 0 aliphatic heterocycles. The SMILES string of the molecule is CCN(CC)C(=S)SC(C)c1nc2scc(-c3ccccc3)c2c(=O)[nH]1. The Labute approximate surface area is 166 Å². The molecule has 2 aromatic heterocycles. The van der Waals surface area contributed by atoms with Gasteiger partial charge in [-0.05, 0) is 26.3 Å². The van der Waals surface area contributed by atoms with E-state index in [-0.39, 0.29) is 10.8 Å². The second-order valence-electron chi connectivity index (χ2n) is 5.85. The Morgan fingerprint density at radius 3 is 2.65 bits per heavy atom. The van der Waals surface area contributed by atoms with Crippen LogP contribution in [0.4, 0.5) is 0 Å². The van der Waals surface area contributed by atoms with E-state index in [1.807, 2.05) is 42.6 Å². The van der Waals surface area contributed by atoms with Crippen LogP contribution in [0.3, 0.4) is 0 Å². The number of fused-ring (bicyclic) bond motifs is 1. The highest BCUT2D eigenvalue weighted by Crippen LogP contribution is 2.33. The summed E-state index contributed by atoms with van der Waals surface area (Å²) in [5.41, 5.74) is 1.88. The molecule has 7 heteroatoms. The maximum absolute atomic E-state index is 12.7. The van der Waals surface area contributed by atoms with Gasteiger partial charge in [0.05, 0.1) is 10.6 Å². The van der Waals surface area contributed by atoms with Crippen molar-refractivity contribution in [1.82, 2.24) is 14.9 Å². The molecule has 0 fully saturated rings. The molecule has 2 heterocycles. The lowest BCUT2D eigenvalue weighted by Crippen LogP contribution is -2.27. The van der Waals surface area contributed by atoms with E-state index in [2.05, 4.69) is 23.7 Å². The van der Waals surface area contributed by atoms with Crippen molar-refractivity contribution in [3.05, 3.63) is 51.9 Å². The molecule has 0 spiro atoms. The molecule has 0 saturated heterocycles. The fourth-order valence-electron chi connectivity index (χ4n) is 2.75. The summed E-state index contributed by atoms with van der Waals surface area (Å²) < 4.78 is 0.835. The molecule has 0 aliphatic rings. The summed E-state index contributed by atoms with van der Waals surface area (Å²) in [6.07, 6.45) is 0. The molecular formula is C19H21N3OS3. The Balaban J connectivity index is 1.93. The number of benzene rings is 1. The molecule has 3 aromatic rings. The molecule has 1 unspecified atom stereocenters. The quantitative estimate of drug-likeness (QED) is 0.603. The van der Waals surface area contributed by atoms with Crippen LogP contribution >= 0.6 is 35.3 Å². The number of aromatic amines is 1. The van der Waals surface area contributed by atoms with Gasteiger partial charge in [0.1, 0.15) is 15.0 Å². The van der Waals surface area contributed by atoms with E-state index in [1.165, 1.54) is 11.3 Å². The number of H-pyrrole nitrogens is 1. The zero-order valence-electron chi connectivity index (χ0n) is 15.0. The van der Waals surface area contributed by atoms with Crippen LogP contribution in [-0.2, 0) is 0 Å². The molecule has 136 valence electrons. The number of aromatic nitrogens is 2. The fraction of sp³-hybridized carbons (Fsp3) is 0.316. The summed E-state index contributed by atoms with van der Waals surface area (Å²) in [6.45, 7) is 7.96. The van der Waals surface area contributed by atoms with Gasteiger partial charge in [0.2, 0.25) is 0 Å². The smallest absolute Gasteiger partial charge is 0.260 e. The Morgan fingerprint density at radius 1 is 1.31 bits per heavy atom. The van der Waals surface area contributed by atoms with Gasteiger partial charge in [-0.2, -0.15) is 0 Å². The summed E-state index contributed by atoms with van der Waals surface area (Å²) in [6, 6.07) is 9.94. The monoisotopic (exact) mass is 403 g/mol. The van der Waals surface area contributed by atoms with Crippen molar-refractivity contribution in [1.29, 1.82) is 0 Å². The van der Waals surface area contributed by atoms with E-state index in [1.54, 1.807) is 11.8 Å². The number of hydrogen-bond donors (Lipinski definition) is 1. The summed E-state index contributed by atoms with van der Waals surface area (Å²) in [7, 11) is 0. The van der Waals surface area contributed by atoms with Crippen LogP contribution in [0.5, 0.6) is 0 Å². The van der Waals surface area contributed by atoms with Crippen molar-refractivity contribution >= 4 is 49.9 Å². The largest absolute Gasteiger partial charge is 0.358 e. The Bertz CT molecular complexity index is 961. The van der Waals surface area contributed by atoms with Crippen molar-refractivity contribution in [3.63, 3.8) is 0 Å². The molecule has 26 heavy (non-hydrogen) atoms. The zero-order chi connectivity index (χ0) is 18.7. The zero-order valence-corrected chi connectivity index (χ0v) is 17.4. The number of nitrogens with zero attached hydrogens (tertiary/aromatic N) is 2. The lowest BCUT2D eigenvalue weighted by Gasteiger charge is -2.22. The lowest BCUT2D eigenvalue weighted by atomic mass is 10.1. The van der Waals surface area contributed by atoms with E-state index in [0.717, 1.165) is 33.4 Å². The molecular weight excluding hydrogens is 382 g/mol. The Morgan fingerprint density at radius 2 is 2.00 bits per heavy atom. The van der Waals surface area contributed by atoms with E-state index >= 15 is 0 Å². The van der Waals surface area contributed by atoms with Crippen molar-refractivity contribution in [2.45, 2.75) is 26.0 Å². The highest BCUT2D eigenvalue weighted by Gasteiger charge is 2.18. The number of thiocarbonyl (C=S) groups is 1. The van der Waals surface area contributed by atoms with Gasteiger partial charge in [-0.1, -0.05) is 54.3 Å². The fourth-order valence-corrected chi connectivity index (χ4v) is 5.33. The lowest BCUT2D eigenvalue weighted by molar-refractivity contribution is 0.482. The van der Waals surface area contributed by atoms with Crippen LogP contribution in [0.25, 0.3) is 21.3 Å². The topological polar surface area (TPSA) is 49.0 Å². The van der Waals surface area contributed by atoms with Gasteiger partial charge in [-0.3, -0.25) is 4.79 Å². The second-order valence-corrected chi connectivity index (χ2v) is 8.68. The van der Waals surface area contributed by atoms with Crippen LogP contribution in [0.15, 0.2) is 40.5 Å². The molecule has 1 N–H and O–H groups in total. The minimum absolute atomic E-state index is 0.0116. The average molecular weight is 404 g/mol. The minimum atomic E-state index is -0.0914. The van der Waals surface area contributed by atoms with Crippen LogP contribution in [0, 0.1) is 0 Å². The number of hydrogen-bond acceptors (Lipinski definition) is 5. The summed E-state index contributed by atoms with van der Waals surface area (Å²) in [4.78, 5) is 23.3. The van der Waals surface area contributed by atoms with Crippen LogP contribution in [-0.4, -0.2) is 32.3 Å². The van der Waals surface area contributed by atoms with Crippen molar-refractivity contribution in [3.8, 4) is 11.1 Å². The molecule has 0 aliphatic carbocycles.